The van der Waals surface area contributed by atoms with Gasteiger partial charge in [0, 0.05) is 15.7 Å². The van der Waals surface area contributed by atoms with E-state index in [0.717, 1.165) is 27.2 Å². The number of halogens is 1. The fraction of sp³-hybridized carbons (Fsp3) is 0.357. The molecule has 4 nitrogen and oxygen atoms in total. The number of aryl methyl sites for hydroxylation is 1. The second kappa shape index (κ2) is 4.74. The van der Waals surface area contributed by atoms with E-state index in [4.69, 9.17) is 4.74 Å². The number of rotatable bonds is 3. The zero-order valence-electron chi connectivity index (χ0n) is 10.6. The van der Waals surface area contributed by atoms with Gasteiger partial charge >= 0.3 is 0 Å². The van der Waals surface area contributed by atoms with E-state index in [1.807, 2.05) is 31.2 Å². The van der Waals surface area contributed by atoms with Crippen LogP contribution in [0.1, 0.15) is 11.5 Å². The van der Waals surface area contributed by atoms with Crippen molar-refractivity contribution >= 4 is 15.9 Å². The summed E-state index contributed by atoms with van der Waals surface area (Å²) in [4.78, 5) is 7.97. The van der Waals surface area contributed by atoms with Crippen LogP contribution in [0.15, 0.2) is 28.7 Å². The largest absolute Gasteiger partial charge is 0.395 e. The molecule has 100 valence electrons. The van der Waals surface area contributed by atoms with Crippen molar-refractivity contribution in [2.24, 2.45) is 0 Å². The molecule has 2 aromatic rings. The maximum absolute atomic E-state index is 9.57. The summed E-state index contributed by atoms with van der Waals surface area (Å²) in [6, 6.07) is 7.99. The highest BCUT2D eigenvalue weighted by Gasteiger charge is 2.43. The topological polar surface area (TPSA) is 58.1 Å². The molecule has 0 unspecified atom stereocenters. The van der Waals surface area contributed by atoms with Crippen LogP contribution >= 0.6 is 15.9 Å². The van der Waals surface area contributed by atoms with Crippen molar-refractivity contribution in [3.63, 3.8) is 0 Å². The van der Waals surface area contributed by atoms with E-state index in [-0.39, 0.29) is 12.0 Å². The minimum absolute atomic E-state index is 0.0509. The monoisotopic (exact) mass is 322 g/mol. The van der Waals surface area contributed by atoms with Crippen LogP contribution < -0.4 is 0 Å². The molecule has 1 aromatic heterocycles. The van der Waals surface area contributed by atoms with E-state index in [2.05, 4.69) is 25.9 Å². The molecule has 1 aromatic carbocycles. The van der Waals surface area contributed by atoms with Crippen molar-refractivity contribution in [1.82, 2.24) is 9.97 Å². The number of H-pyrrole nitrogens is 1. The van der Waals surface area contributed by atoms with Gasteiger partial charge in [-0.25, -0.2) is 4.98 Å². The van der Waals surface area contributed by atoms with E-state index in [9.17, 15) is 5.11 Å². The molecule has 1 saturated heterocycles. The first kappa shape index (κ1) is 12.8. The van der Waals surface area contributed by atoms with E-state index in [1.54, 1.807) is 0 Å². The zero-order chi connectivity index (χ0) is 13.5. The normalized spacial score (nSPS) is 17.2. The minimum atomic E-state index is -0.357. The third kappa shape index (κ3) is 2.02. The van der Waals surface area contributed by atoms with E-state index < -0.39 is 0 Å². The van der Waals surface area contributed by atoms with Crippen molar-refractivity contribution in [3.05, 3.63) is 40.3 Å². The maximum atomic E-state index is 9.57. The molecule has 0 amide bonds. The molecular weight excluding hydrogens is 308 g/mol. The van der Waals surface area contributed by atoms with Crippen LogP contribution in [-0.4, -0.2) is 34.9 Å². The van der Waals surface area contributed by atoms with Crippen LogP contribution in [0, 0.1) is 6.92 Å². The van der Waals surface area contributed by atoms with Gasteiger partial charge in [-0.05, 0) is 13.0 Å². The third-order valence-corrected chi connectivity index (χ3v) is 4.27. The number of nitrogens with one attached hydrogen (secondary N) is 1. The molecular formula is C14H15BrN2O2. The smallest absolute Gasteiger partial charge is 0.120 e. The van der Waals surface area contributed by atoms with Crippen LogP contribution in [0.5, 0.6) is 0 Å². The average molecular weight is 323 g/mol. The number of imidazole rings is 1. The lowest BCUT2D eigenvalue weighted by atomic mass is 9.86. The van der Waals surface area contributed by atoms with E-state index in [1.165, 1.54) is 0 Å². The molecule has 1 aliphatic rings. The van der Waals surface area contributed by atoms with Gasteiger partial charge < -0.3 is 14.8 Å². The number of ether oxygens (including phenoxy) is 1. The Bertz CT molecular complexity index is 600. The Morgan fingerprint density at radius 1 is 1.42 bits per heavy atom. The summed E-state index contributed by atoms with van der Waals surface area (Å²) in [5.41, 5.74) is 2.62. The second-order valence-corrected chi connectivity index (χ2v) is 5.82. The predicted octanol–water partition coefficient (Wildman–Crippen LogP) is 2.41. The SMILES string of the molecule is Cc1[nH]c(C2(CO)COC2)nc1-c1ccccc1Br. The molecule has 0 aliphatic carbocycles. The molecule has 1 fully saturated rings. The number of aliphatic hydroxyl groups is 1. The first-order valence-electron chi connectivity index (χ1n) is 6.17. The van der Waals surface area contributed by atoms with Crippen molar-refractivity contribution in [2.45, 2.75) is 12.3 Å². The number of aromatic nitrogens is 2. The van der Waals surface area contributed by atoms with E-state index in [0.29, 0.717) is 13.2 Å². The summed E-state index contributed by atoms with van der Waals surface area (Å²) < 4.78 is 6.25. The Labute approximate surface area is 120 Å². The summed E-state index contributed by atoms with van der Waals surface area (Å²) in [7, 11) is 0. The Balaban J connectivity index is 2.05. The lowest BCUT2D eigenvalue weighted by molar-refractivity contribution is -0.0880. The molecule has 2 N–H and O–H groups in total. The summed E-state index contributed by atoms with van der Waals surface area (Å²) in [5, 5.41) is 9.57. The summed E-state index contributed by atoms with van der Waals surface area (Å²) in [6.45, 7) is 3.09. The molecule has 2 heterocycles. The number of hydrogen-bond donors (Lipinski definition) is 2. The van der Waals surface area contributed by atoms with Crippen LogP contribution in [0.3, 0.4) is 0 Å². The molecule has 0 bridgehead atoms. The molecule has 19 heavy (non-hydrogen) atoms. The first-order valence-corrected chi connectivity index (χ1v) is 6.96. The highest BCUT2D eigenvalue weighted by molar-refractivity contribution is 9.10. The Morgan fingerprint density at radius 2 is 2.16 bits per heavy atom. The number of nitrogens with zero attached hydrogens (tertiary/aromatic N) is 1. The predicted molar refractivity (Wildman–Crippen MR) is 76.0 cm³/mol. The van der Waals surface area contributed by atoms with Gasteiger partial charge in [0.2, 0.25) is 0 Å². The van der Waals surface area contributed by atoms with Crippen LogP contribution in [0.2, 0.25) is 0 Å². The number of aromatic amines is 1. The molecule has 5 heteroatoms. The van der Waals surface area contributed by atoms with Gasteiger partial charge in [0.15, 0.2) is 0 Å². The van der Waals surface area contributed by atoms with Crippen LogP contribution in [0.4, 0.5) is 0 Å². The van der Waals surface area contributed by atoms with Crippen molar-refractivity contribution in [1.29, 1.82) is 0 Å². The van der Waals surface area contributed by atoms with Gasteiger partial charge in [0.05, 0.1) is 30.9 Å². The zero-order valence-corrected chi connectivity index (χ0v) is 12.2. The second-order valence-electron chi connectivity index (χ2n) is 4.97. The fourth-order valence-electron chi connectivity index (χ4n) is 2.28. The number of aliphatic hydroxyl groups excluding tert-OH is 1. The van der Waals surface area contributed by atoms with Gasteiger partial charge in [0.25, 0.3) is 0 Å². The van der Waals surface area contributed by atoms with Crippen molar-refractivity contribution in [3.8, 4) is 11.3 Å². The van der Waals surface area contributed by atoms with Gasteiger partial charge in [-0.15, -0.1) is 0 Å². The molecule has 0 atom stereocenters. The van der Waals surface area contributed by atoms with Gasteiger partial charge in [0.1, 0.15) is 5.82 Å². The van der Waals surface area contributed by atoms with E-state index >= 15 is 0 Å². The van der Waals surface area contributed by atoms with Gasteiger partial charge in [-0.2, -0.15) is 0 Å². The highest BCUT2D eigenvalue weighted by Crippen LogP contribution is 2.34. The summed E-state index contributed by atoms with van der Waals surface area (Å²) in [6.07, 6.45) is 0. The lowest BCUT2D eigenvalue weighted by Gasteiger charge is -2.37. The molecule has 0 radical (unpaired) electrons. The van der Waals surface area contributed by atoms with Crippen LogP contribution in [-0.2, 0) is 10.2 Å². The van der Waals surface area contributed by atoms with Gasteiger partial charge in [-0.1, -0.05) is 34.1 Å². The number of benzene rings is 1. The maximum Gasteiger partial charge on any atom is 0.120 e. The third-order valence-electron chi connectivity index (χ3n) is 3.58. The molecule has 3 rings (SSSR count). The van der Waals surface area contributed by atoms with Crippen LogP contribution in [0.25, 0.3) is 11.3 Å². The summed E-state index contributed by atoms with van der Waals surface area (Å²) >= 11 is 3.55. The summed E-state index contributed by atoms with van der Waals surface area (Å²) in [5.74, 6) is 0.810. The number of hydrogen-bond acceptors (Lipinski definition) is 3. The fourth-order valence-corrected chi connectivity index (χ4v) is 2.75. The lowest BCUT2D eigenvalue weighted by Crippen LogP contribution is -2.50. The standard InChI is InChI=1S/C14H15BrN2O2/c1-9-12(10-4-2-3-5-11(10)15)17-13(16-9)14(6-18)7-19-8-14/h2-5,18H,6-8H2,1H3,(H,16,17). The average Bonchev–Trinajstić information content (AvgIpc) is 2.72. The highest BCUT2D eigenvalue weighted by atomic mass is 79.9. The Kier molecular flexibility index (Phi) is 3.20. The quantitative estimate of drug-likeness (QED) is 0.912. The van der Waals surface area contributed by atoms with Crippen molar-refractivity contribution in [2.75, 3.05) is 19.8 Å². The molecule has 0 saturated carbocycles. The Morgan fingerprint density at radius 3 is 2.74 bits per heavy atom. The molecule has 0 spiro atoms. The minimum Gasteiger partial charge on any atom is -0.395 e. The van der Waals surface area contributed by atoms with Gasteiger partial charge in [-0.3, -0.25) is 0 Å². The first-order chi connectivity index (χ1) is 9.16. The van der Waals surface area contributed by atoms with Crippen molar-refractivity contribution < 1.29 is 9.84 Å². The molecule has 1 aliphatic heterocycles. The Hall–Kier alpha value is -1.17.